The van der Waals surface area contributed by atoms with Gasteiger partial charge in [0.15, 0.2) is 5.11 Å². The summed E-state index contributed by atoms with van der Waals surface area (Å²) < 4.78 is 0. The van der Waals surface area contributed by atoms with Crippen LogP contribution >= 0.6 is 23.8 Å². The molecular formula is C24H15ClN2O4S. The molecule has 1 saturated heterocycles. The Kier molecular flexibility index (Phi) is 5.85. The molecule has 2 N–H and O–H groups in total. The predicted octanol–water partition coefficient (Wildman–Crippen LogP) is 4.54. The first kappa shape index (κ1) is 21.4. The van der Waals surface area contributed by atoms with Crippen molar-refractivity contribution in [3.8, 4) is 11.1 Å². The Hall–Kier alpha value is -3.81. The van der Waals surface area contributed by atoms with Crippen LogP contribution in [0.2, 0.25) is 5.02 Å². The molecule has 0 bridgehead atoms. The van der Waals surface area contributed by atoms with E-state index in [9.17, 15) is 14.4 Å². The zero-order valence-corrected chi connectivity index (χ0v) is 18.0. The number of nitrogens with zero attached hydrogens (tertiary/aromatic N) is 1. The van der Waals surface area contributed by atoms with E-state index in [4.69, 9.17) is 28.9 Å². The molecule has 32 heavy (non-hydrogen) atoms. The molecule has 1 fully saturated rings. The van der Waals surface area contributed by atoms with Crippen molar-refractivity contribution in [2.75, 3.05) is 4.90 Å². The van der Waals surface area contributed by atoms with Gasteiger partial charge in [0.2, 0.25) is 0 Å². The molecule has 0 unspecified atom stereocenters. The first-order valence-electron chi connectivity index (χ1n) is 9.45. The van der Waals surface area contributed by atoms with Crippen LogP contribution in [0.3, 0.4) is 0 Å². The average Bonchev–Trinajstić information content (AvgIpc) is 2.78. The van der Waals surface area contributed by atoms with E-state index in [1.54, 1.807) is 48.5 Å². The van der Waals surface area contributed by atoms with Crippen molar-refractivity contribution < 1.29 is 19.5 Å². The number of thiocarbonyl (C=S) groups is 1. The Balaban J connectivity index is 1.75. The molecule has 3 aromatic rings. The number of aromatic carboxylic acids is 1. The monoisotopic (exact) mass is 462 g/mol. The van der Waals surface area contributed by atoms with Gasteiger partial charge in [-0.25, -0.2) is 4.79 Å². The summed E-state index contributed by atoms with van der Waals surface area (Å²) in [7, 11) is 0. The third kappa shape index (κ3) is 4.16. The highest BCUT2D eigenvalue weighted by molar-refractivity contribution is 7.80. The summed E-state index contributed by atoms with van der Waals surface area (Å²) in [6, 6.07) is 20.1. The van der Waals surface area contributed by atoms with Gasteiger partial charge in [-0.3, -0.25) is 19.8 Å². The third-order valence-corrected chi connectivity index (χ3v) is 5.43. The number of hydrogen-bond acceptors (Lipinski definition) is 4. The predicted molar refractivity (Wildman–Crippen MR) is 126 cm³/mol. The third-order valence-electron chi connectivity index (χ3n) is 4.89. The van der Waals surface area contributed by atoms with Crippen LogP contribution in [0.5, 0.6) is 0 Å². The summed E-state index contributed by atoms with van der Waals surface area (Å²) in [5, 5.41) is 12.2. The maximum atomic E-state index is 13.2. The van der Waals surface area contributed by atoms with E-state index >= 15 is 0 Å². The molecular weight excluding hydrogens is 448 g/mol. The SMILES string of the molecule is O=C1NC(=S)N(c2ccc(Cl)cc2)C(=O)/C1=C\c1ccccc1-c1ccc(C(=O)O)cc1. The van der Waals surface area contributed by atoms with E-state index < -0.39 is 17.8 Å². The lowest BCUT2D eigenvalue weighted by Crippen LogP contribution is -2.54. The second kappa shape index (κ2) is 8.74. The van der Waals surface area contributed by atoms with E-state index in [0.29, 0.717) is 16.3 Å². The first-order chi connectivity index (χ1) is 15.3. The fourth-order valence-electron chi connectivity index (χ4n) is 3.32. The molecule has 0 saturated carbocycles. The molecule has 0 aliphatic carbocycles. The fourth-order valence-corrected chi connectivity index (χ4v) is 3.72. The van der Waals surface area contributed by atoms with Crippen molar-refractivity contribution in [3.63, 3.8) is 0 Å². The number of carbonyl (C=O) groups is 3. The zero-order chi connectivity index (χ0) is 22.8. The van der Waals surface area contributed by atoms with Crippen molar-refractivity contribution >= 4 is 58.5 Å². The lowest BCUT2D eigenvalue weighted by molar-refractivity contribution is -0.122. The number of rotatable bonds is 4. The van der Waals surface area contributed by atoms with E-state index in [0.717, 1.165) is 11.1 Å². The van der Waals surface area contributed by atoms with Crippen LogP contribution in [-0.4, -0.2) is 28.0 Å². The molecule has 0 spiro atoms. The van der Waals surface area contributed by atoms with Gasteiger partial charge >= 0.3 is 5.97 Å². The molecule has 8 heteroatoms. The standard InChI is InChI=1S/C24H15ClN2O4S/c25-17-9-11-18(12-10-17)27-22(29)20(21(28)26-24(27)32)13-16-3-1-2-4-19(16)14-5-7-15(8-6-14)23(30)31/h1-13H,(H,30,31)(H,26,28,32)/b20-13-. The Morgan fingerprint density at radius 3 is 2.28 bits per heavy atom. The van der Waals surface area contributed by atoms with Crippen molar-refractivity contribution in [1.82, 2.24) is 5.32 Å². The second-order valence-corrected chi connectivity index (χ2v) is 7.73. The molecule has 1 heterocycles. The molecule has 3 aromatic carbocycles. The fraction of sp³-hybridized carbons (Fsp3) is 0. The summed E-state index contributed by atoms with van der Waals surface area (Å²) >= 11 is 11.1. The number of hydrogen-bond donors (Lipinski definition) is 2. The molecule has 1 aliphatic heterocycles. The number of carbonyl (C=O) groups excluding carboxylic acids is 2. The lowest BCUT2D eigenvalue weighted by atomic mass is 9.96. The highest BCUT2D eigenvalue weighted by Gasteiger charge is 2.34. The van der Waals surface area contributed by atoms with Gasteiger partial charge in [0.25, 0.3) is 11.8 Å². The van der Waals surface area contributed by atoms with Gasteiger partial charge in [-0.1, -0.05) is 48.0 Å². The highest BCUT2D eigenvalue weighted by Crippen LogP contribution is 2.28. The zero-order valence-electron chi connectivity index (χ0n) is 16.4. The molecule has 1 aliphatic rings. The number of carboxylic acid groups (broad SMARTS) is 1. The molecule has 4 rings (SSSR count). The molecule has 0 atom stereocenters. The highest BCUT2D eigenvalue weighted by atomic mass is 35.5. The number of halogens is 1. The number of amides is 2. The van der Waals surface area contributed by atoms with Gasteiger partial charge in [0, 0.05) is 5.02 Å². The van der Waals surface area contributed by atoms with Crippen LogP contribution < -0.4 is 10.2 Å². The van der Waals surface area contributed by atoms with E-state index in [-0.39, 0.29) is 16.2 Å². The van der Waals surface area contributed by atoms with Gasteiger partial charge in [-0.05, 0) is 71.4 Å². The van der Waals surface area contributed by atoms with E-state index in [2.05, 4.69) is 5.32 Å². The van der Waals surface area contributed by atoms with Gasteiger partial charge in [-0.15, -0.1) is 0 Å². The number of carboxylic acids is 1. The van der Waals surface area contributed by atoms with Crippen molar-refractivity contribution in [2.24, 2.45) is 0 Å². The normalized spacial score (nSPS) is 15.1. The quantitative estimate of drug-likeness (QED) is 0.338. The second-order valence-electron chi connectivity index (χ2n) is 6.90. The van der Waals surface area contributed by atoms with Crippen LogP contribution in [0.4, 0.5) is 5.69 Å². The summed E-state index contributed by atoms with van der Waals surface area (Å²) in [6.07, 6.45) is 1.50. The Bertz CT molecular complexity index is 1280. The van der Waals surface area contributed by atoms with Crippen molar-refractivity contribution in [1.29, 1.82) is 0 Å². The smallest absolute Gasteiger partial charge is 0.335 e. The summed E-state index contributed by atoms with van der Waals surface area (Å²) in [6.45, 7) is 0. The Morgan fingerprint density at radius 1 is 0.969 bits per heavy atom. The maximum absolute atomic E-state index is 13.2. The molecule has 0 aromatic heterocycles. The largest absolute Gasteiger partial charge is 0.478 e. The number of benzene rings is 3. The topological polar surface area (TPSA) is 86.7 Å². The Morgan fingerprint density at radius 2 is 1.62 bits per heavy atom. The number of nitrogens with one attached hydrogen (secondary N) is 1. The van der Waals surface area contributed by atoms with Crippen LogP contribution in [0, 0.1) is 0 Å². The minimum Gasteiger partial charge on any atom is -0.478 e. The van der Waals surface area contributed by atoms with Crippen LogP contribution in [0.25, 0.3) is 17.2 Å². The number of anilines is 1. The Labute approximate surface area is 193 Å². The summed E-state index contributed by atoms with van der Waals surface area (Å²) in [4.78, 5) is 38.2. The average molecular weight is 463 g/mol. The van der Waals surface area contributed by atoms with Gasteiger partial charge in [-0.2, -0.15) is 0 Å². The van der Waals surface area contributed by atoms with Gasteiger partial charge < -0.3 is 5.11 Å². The van der Waals surface area contributed by atoms with Gasteiger partial charge in [0.05, 0.1) is 11.3 Å². The molecule has 158 valence electrons. The summed E-state index contributed by atoms with van der Waals surface area (Å²) in [5.41, 5.74) is 2.67. The van der Waals surface area contributed by atoms with Crippen LogP contribution in [0.15, 0.2) is 78.4 Å². The molecule has 6 nitrogen and oxygen atoms in total. The first-order valence-corrected chi connectivity index (χ1v) is 10.2. The lowest BCUT2D eigenvalue weighted by Gasteiger charge is -2.29. The van der Waals surface area contributed by atoms with Crippen molar-refractivity contribution in [2.45, 2.75) is 0 Å². The molecule has 0 radical (unpaired) electrons. The van der Waals surface area contributed by atoms with Gasteiger partial charge in [0.1, 0.15) is 5.57 Å². The van der Waals surface area contributed by atoms with Crippen molar-refractivity contribution in [3.05, 3.63) is 94.5 Å². The minimum atomic E-state index is -1.02. The maximum Gasteiger partial charge on any atom is 0.335 e. The molecule has 2 amide bonds. The van der Waals surface area contributed by atoms with Crippen LogP contribution in [-0.2, 0) is 9.59 Å². The minimum absolute atomic E-state index is 0.0167. The van der Waals surface area contributed by atoms with E-state index in [1.807, 2.05) is 12.1 Å². The van der Waals surface area contributed by atoms with Crippen LogP contribution in [0.1, 0.15) is 15.9 Å². The van der Waals surface area contributed by atoms with E-state index in [1.165, 1.54) is 23.1 Å². The summed E-state index contributed by atoms with van der Waals surface area (Å²) in [5.74, 6) is -2.17.